The third-order valence-electron chi connectivity index (χ3n) is 6.69. The number of nitrogens with zero attached hydrogens (tertiary/aromatic N) is 2. The molecule has 2 aliphatic rings. The lowest BCUT2D eigenvalue weighted by Gasteiger charge is -2.46. The highest BCUT2D eigenvalue weighted by atomic mass is 19.1. The van der Waals surface area contributed by atoms with Crippen LogP contribution in [0.4, 0.5) is 4.39 Å². The van der Waals surface area contributed by atoms with E-state index in [1.165, 1.54) is 23.8 Å². The maximum atomic E-state index is 14.8. The standard InChI is InChI=1S/C22H30FN3O2/c1-21(2)19(28)26(4)20(24)25-22(21,3)17-13-15(9-10-18(17)23)12-16(27)11-14-7-5-6-8-14/h9-10,13-14H,5-8,11-12H2,1-4H3,(H2,24,25)/t22-/m1/s1. The number of hydrogen-bond acceptors (Lipinski definition) is 4. The Hall–Kier alpha value is -2.24. The van der Waals surface area contributed by atoms with E-state index >= 15 is 0 Å². The normalized spacial score (nSPS) is 25.1. The van der Waals surface area contributed by atoms with Gasteiger partial charge in [-0.05, 0) is 44.4 Å². The number of carbonyl (C=O) groups is 2. The number of amides is 1. The topological polar surface area (TPSA) is 75.8 Å². The third-order valence-corrected chi connectivity index (χ3v) is 6.69. The second-order valence-corrected chi connectivity index (χ2v) is 8.92. The van der Waals surface area contributed by atoms with Crippen molar-refractivity contribution in [3.8, 4) is 0 Å². The summed E-state index contributed by atoms with van der Waals surface area (Å²) in [5.41, 5.74) is 4.84. The summed E-state index contributed by atoms with van der Waals surface area (Å²) in [6.07, 6.45) is 5.51. The first-order valence-electron chi connectivity index (χ1n) is 10.0. The largest absolute Gasteiger partial charge is 0.369 e. The highest BCUT2D eigenvalue weighted by Crippen LogP contribution is 2.47. The van der Waals surface area contributed by atoms with Gasteiger partial charge in [0.15, 0.2) is 5.96 Å². The SMILES string of the molecule is CN1C(=O)C(C)(C)[C@@](C)(c2cc(CC(=O)CC3CCCC3)ccc2F)N=C1N. The van der Waals surface area contributed by atoms with Crippen molar-refractivity contribution in [2.45, 2.75) is 64.8 Å². The third kappa shape index (κ3) is 3.45. The van der Waals surface area contributed by atoms with Crippen LogP contribution in [-0.2, 0) is 21.5 Å². The van der Waals surface area contributed by atoms with Crippen LogP contribution in [0.5, 0.6) is 0 Å². The first-order chi connectivity index (χ1) is 13.1. The zero-order valence-corrected chi connectivity index (χ0v) is 17.2. The summed E-state index contributed by atoms with van der Waals surface area (Å²) in [6.45, 7) is 5.23. The van der Waals surface area contributed by atoms with Gasteiger partial charge in [0, 0.05) is 25.5 Å². The van der Waals surface area contributed by atoms with E-state index in [1.807, 2.05) is 0 Å². The number of halogens is 1. The molecule has 1 aliphatic carbocycles. The van der Waals surface area contributed by atoms with Crippen LogP contribution < -0.4 is 5.73 Å². The van der Waals surface area contributed by atoms with E-state index in [0.717, 1.165) is 18.4 Å². The molecule has 28 heavy (non-hydrogen) atoms. The number of Topliss-reactive ketones (excluding diaryl/α,β-unsaturated/α-hetero) is 1. The quantitative estimate of drug-likeness (QED) is 0.839. The van der Waals surface area contributed by atoms with Gasteiger partial charge in [0.1, 0.15) is 17.1 Å². The number of ketones is 1. The van der Waals surface area contributed by atoms with Crippen LogP contribution in [0.25, 0.3) is 0 Å². The lowest BCUT2D eigenvalue weighted by atomic mass is 9.67. The lowest BCUT2D eigenvalue weighted by Crippen LogP contribution is -2.58. The summed E-state index contributed by atoms with van der Waals surface area (Å²) in [4.78, 5) is 31.1. The number of hydrogen-bond donors (Lipinski definition) is 1. The zero-order chi connectivity index (χ0) is 20.7. The molecule has 0 unspecified atom stereocenters. The van der Waals surface area contributed by atoms with Gasteiger partial charge in [-0.1, -0.05) is 31.7 Å². The van der Waals surface area contributed by atoms with Crippen molar-refractivity contribution in [3.05, 3.63) is 35.1 Å². The Morgan fingerprint density at radius 3 is 2.57 bits per heavy atom. The first kappa shape index (κ1) is 20.5. The predicted octanol–water partition coefficient (Wildman–Crippen LogP) is 3.55. The molecule has 1 saturated carbocycles. The van der Waals surface area contributed by atoms with Gasteiger partial charge in [0.05, 0.1) is 5.41 Å². The average molecular weight is 387 g/mol. The van der Waals surface area contributed by atoms with Gasteiger partial charge in [0.25, 0.3) is 0 Å². The molecule has 1 aromatic carbocycles. The molecular weight excluding hydrogens is 357 g/mol. The van der Waals surface area contributed by atoms with E-state index in [2.05, 4.69) is 4.99 Å². The molecule has 0 radical (unpaired) electrons. The molecule has 0 aromatic heterocycles. The second-order valence-electron chi connectivity index (χ2n) is 8.92. The molecule has 2 N–H and O–H groups in total. The van der Waals surface area contributed by atoms with E-state index in [0.29, 0.717) is 17.9 Å². The van der Waals surface area contributed by atoms with E-state index in [1.54, 1.807) is 40.0 Å². The first-order valence-corrected chi connectivity index (χ1v) is 10.0. The number of benzene rings is 1. The van der Waals surface area contributed by atoms with Crippen molar-refractivity contribution in [3.63, 3.8) is 0 Å². The van der Waals surface area contributed by atoms with Crippen LogP contribution in [0.2, 0.25) is 0 Å². The second kappa shape index (κ2) is 7.30. The number of guanidine groups is 1. The van der Waals surface area contributed by atoms with Crippen LogP contribution in [0, 0.1) is 17.2 Å². The summed E-state index contributed by atoms with van der Waals surface area (Å²) in [6, 6.07) is 4.69. The minimum atomic E-state index is -1.16. The zero-order valence-electron chi connectivity index (χ0n) is 17.2. The molecule has 1 heterocycles. The van der Waals surface area contributed by atoms with Crippen LogP contribution in [-0.4, -0.2) is 29.6 Å². The van der Waals surface area contributed by atoms with Crippen LogP contribution in [0.1, 0.15) is 64.0 Å². The van der Waals surface area contributed by atoms with Gasteiger partial charge in [-0.25, -0.2) is 9.38 Å². The number of nitrogens with two attached hydrogens (primary N) is 1. The van der Waals surface area contributed by atoms with E-state index < -0.39 is 16.8 Å². The minimum absolute atomic E-state index is 0.0638. The van der Waals surface area contributed by atoms with E-state index in [9.17, 15) is 14.0 Å². The molecule has 0 spiro atoms. The van der Waals surface area contributed by atoms with Gasteiger partial charge < -0.3 is 5.73 Å². The summed E-state index contributed by atoms with van der Waals surface area (Å²) < 4.78 is 14.8. The maximum Gasteiger partial charge on any atom is 0.237 e. The van der Waals surface area contributed by atoms with E-state index in [4.69, 9.17) is 5.73 Å². The number of aliphatic imine (C=N–C) groups is 1. The predicted molar refractivity (Wildman–Crippen MR) is 107 cm³/mol. The minimum Gasteiger partial charge on any atom is -0.369 e. The van der Waals surface area contributed by atoms with Crippen LogP contribution in [0.15, 0.2) is 23.2 Å². The fourth-order valence-corrected chi connectivity index (χ4v) is 4.46. The molecule has 0 bridgehead atoms. The lowest BCUT2D eigenvalue weighted by molar-refractivity contribution is -0.140. The van der Waals surface area contributed by atoms with E-state index in [-0.39, 0.29) is 24.1 Å². The van der Waals surface area contributed by atoms with Gasteiger partial charge in [-0.2, -0.15) is 0 Å². The molecule has 1 fully saturated rings. The van der Waals surface area contributed by atoms with Gasteiger partial charge in [-0.15, -0.1) is 0 Å². The molecule has 1 atom stereocenters. The van der Waals surface area contributed by atoms with Crippen molar-refractivity contribution < 1.29 is 14.0 Å². The molecule has 3 rings (SSSR count). The number of rotatable bonds is 5. The average Bonchev–Trinajstić information content (AvgIpc) is 3.13. The fraction of sp³-hybridized carbons (Fsp3) is 0.591. The Morgan fingerprint density at radius 1 is 1.29 bits per heavy atom. The monoisotopic (exact) mass is 387 g/mol. The Bertz CT molecular complexity index is 827. The van der Waals surface area contributed by atoms with Crippen molar-refractivity contribution in [1.82, 2.24) is 4.90 Å². The van der Waals surface area contributed by atoms with Crippen molar-refractivity contribution >= 4 is 17.6 Å². The van der Waals surface area contributed by atoms with Gasteiger partial charge >= 0.3 is 0 Å². The molecule has 152 valence electrons. The summed E-state index contributed by atoms with van der Waals surface area (Å²) >= 11 is 0. The number of carbonyl (C=O) groups excluding carboxylic acids is 2. The Balaban J connectivity index is 1.92. The molecule has 1 amide bonds. The Morgan fingerprint density at radius 2 is 1.93 bits per heavy atom. The molecular formula is C22H30FN3O2. The fourth-order valence-electron chi connectivity index (χ4n) is 4.46. The van der Waals surface area contributed by atoms with Crippen molar-refractivity contribution in [2.24, 2.45) is 22.1 Å². The van der Waals surface area contributed by atoms with Crippen LogP contribution >= 0.6 is 0 Å². The summed E-state index contributed by atoms with van der Waals surface area (Å²) in [5, 5.41) is 0. The maximum absolute atomic E-state index is 14.8. The Kier molecular flexibility index (Phi) is 5.34. The molecule has 1 aromatic rings. The van der Waals surface area contributed by atoms with Gasteiger partial charge in [-0.3, -0.25) is 14.5 Å². The molecule has 5 nitrogen and oxygen atoms in total. The van der Waals surface area contributed by atoms with Gasteiger partial charge in [0.2, 0.25) is 5.91 Å². The van der Waals surface area contributed by atoms with Crippen molar-refractivity contribution in [2.75, 3.05) is 7.05 Å². The molecule has 0 saturated heterocycles. The Labute approximate surface area is 166 Å². The van der Waals surface area contributed by atoms with Crippen LogP contribution in [0.3, 0.4) is 0 Å². The summed E-state index contributed by atoms with van der Waals surface area (Å²) in [7, 11) is 1.57. The summed E-state index contributed by atoms with van der Waals surface area (Å²) in [5.74, 6) is 0.0612. The highest BCUT2D eigenvalue weighted by molar-refractivity contribution is 6.01. The van der Waals surface area contributed by atoms with Crippen molar-refractivity contribution in [1.29, 1.82) is 0 Å². The molecule has 1 aliphatic heterocycles. The smallest absolute Gasteiger partial charge is 0.237 e. The highest BCUT2D eigenvalue weighted by Gasteiger charge is 2.53. The molecule has 6 heteroatoms.